The Morgan fingerprint density at radius 1 is 1.14 bits per heavy atom. The van der Waals surface area contributed by atoms with E-state index in [2.05, 4.69) is 0 Å². The second kappa shape index (κ2) is 6.05. The number of phenols is 1. The van der Waals surface area contributed by atoms with Gasteiger partial charge in [-0.3, -0.25) is 4.79 Å². The van der Waals surface area contributed by atoms with Crippen molar-refractivity contribution in [2.24, 2.45) is 0 Å². The van der Waals surface area contributed by atoms with Crippen molar-refractivity contribution in [3.63, 3.8) is 0 Å². The Hall–Kier alpha value is -1.94. The molecule has 0 aliphatic carbocycles. The molecule has 0 saturated carbocycles. The minimum absolute atomic E-state index is 0.0640. The topological polar surface area (TPSA) is 40.5 Å². The molecule has 0 aromatic heterocycles. The van der Waals surface area contributed by atoms with Gasteiger partial charge in [-0.1, -0.05) is 48.5 Å². The van der Waals surface area contributed by atoms with E-state index in [0.29, 0.717) is 12.0 Å². The van der Waals surface area contributed by atoms with Crippen molar-refractivity contribution in [3.05, 3.63) is 65.7 Å². The molecule has 1 amide bonds. The molecule has 114 valence electrons. The molecule has 1 N–H and O–H groups in total. The zero-order chi connectivity index (χ0) is 15.6. The van der Waals surface area contributed by atoms with E-state index in [-0.39, 0.29) is 11.7 Å². The van der Waals surface area contributed by atoms with E-state index in [1.54, 1.807) is 28.8 Å². The number of amides is 1. The number of rotatable bonds is 3. The van der Waals surface area contributed by atoms with Crippen LogP contribution in [0.3, 0.4) is 0 Å². The van der Waals surface area contributed by atoms with E-state index in [4.69, 9.17) is 0 Å². The highest BCUT2D eigenvalue weighted by atomic mass is 32.2. The van der Waals surface area contributed by atoms with Crippen molar-refractivity contribution in [2.45, 2.75) is 11.2 Å². The normalized spacial score (nSPS) is 21.9. The number of phenolic OH excluding ortho intramolecular Hbond substituents is 1. The second-order valence-corrected chi connectivity index (χ2v) is 6.98. The van der Waals surface area contributed by atoms with Crippen LogP contribution < -0.4 is 0 Å². The number of nitrogens with zero attached hydrogens (tertiary/aromatic N) is 1. The molecule has 1 aliphatic rings. The van der Waals surface area contributed by atoms with E-state index in [9.17, 15) is 9.90 Å². The summed E-state index contributed by atoms with van der Waals surface area (Å²) in [5.41, 5.74) is 1.81. The number of para-hydroxylation sites is 1. The molecule has 2 aromatic carbocycles. The SMILES string of the molecule is CN1CCSC(Cc2ccccc2)(c2ccccc2O)C1=O. The standard InChI is InChI=1S/C18H19NO2S/c1-19-11-12-22-18(17(19)21,13-14-7-3-2-4-8-14)15-9-5-6-10-16(15)20/h2-10,20H,11-13H2,1H3. The number of carbonyl (C=O) groups is 1. The van der Waals surface area contributed by atoms with E-state index >= 15 is 0 Å². The highest BCUT2D eigenvalue weighted by Gasteiger charge is 2.46. The van der Waals surface area contributed by atoms with Gasteiger partial charge in [-0.25, -0.2) is 0 Å². The van der Waals surface area contributed by atoms with Crippen molar-refractivity contribution in [3.8, 4) is 5.75 Å². The van der Waals surface area contributed by atoms with Crippen molar-refractivity contribution < 1.29 is 9.90 Å². The van der Waals surface area contributed by atoms with Gasteiger partial charge in [0.05, 0.1) is 0 Å². The number of carbonyl (C=O) groups excluding carboxylic acids is 1. The number of hydrogen-bond donors (Lipinski definition) is 1. The molecule has 3 rings (SSSR count). The number of likely N-dealkylation sites (N-methyl/N-ethyl adjacent to an activating group) is 1. The summed E-state index contributed by atoms with van der Waals surface area (Å²) in [7, 11) is 1.84. The first-order valence-electron chi connectivity index (χ1n) is 7.35. The first-order valence-corrected chi connectivity index (χ1v) is 8.34. The molecule has 3 nitrogen and oxygen atoms in total. The molecule has 0 radical (unpaired) electrons. The van der Waals surface area contributed by atoms with Gasteiger partial charge in [-0.2, -0.15) is 0 Å². The average Bonchev–Trinajstić information content (AvgIpc) is 2.53. The quantitative estimate of drug-likeness (QED) is 0.947. The number of hydrogen-bond acceptors (Lipinski definition) is 3. The van der Waals surface area contributed by atoms with Crippen LogP contribution in [-0.4, -0.2) is 35.3 Å². The van der Waals surface area contributed by atoms with Gasteiger partial charge in [-0.15, -0.1) is 11.8 Å². The van der Waals surface area contributed by atoms with Crippen molar-refractivity contribution in [2.75, 3.05) is 19.3 Å². The van der Waals surface area contributed by atoms with Gasteiger partial charge in [0.2, 0.25) is 5.91 Å². The van der Waals surface area contributed by atoms with Crippen LogP contribution in [0.1, 0.15) is 11.1 Å². The predicted molar refractivity (Wildman–Crippen MR) is 90.0 cm³/mol. The molecule has 0 bridgehead atoms. The molecule has 1 atom stereocenters. The fourth-order valence-electron chi connectivity index (χ4n) is 2.94. The molecular formula is C18H19NO2S. The van der Waals surface area contributed by atoms with Crippen LogP contribution in [0, 0.1) is 0 Å². The number of thioether (sulfide) groups is 1. The summed E-state index contributed by atoms with van der Waals surface area (Å²) in [6, 6.07) is 17.2. The Morgan fingerprint density at radius 2 is 1.82 bits per heavy atom. The maximum atomic E-state index is 13.0. The summed E-state index contributed by atoms with van der Waals surface area (Å²) in [5, 5.41) is 10.3. The first-order chi connectivity index (χ1) is 10.6. The predicted octanol–water partition coefficient (Wildman–Crippen LogP) is 3.04. The summed E-state index contributed by atoms with van der Waals surface area (Å²) in [6.07, 6.45) is 0.583. The van der Waals surface area contributed by atoms with Crippen molar-refractivity contribution in [1.82, 2.24) is 4.90 Å². The molecule has 1 unspecified atom stereocenters. The summed E-state index contributed by atoms with van der Waals surface area (Å²) in [4.78, 5) is 14.8. The smallest absolute Gasteiger partial charge is 0.243 e. The van der Waals surface area contributed by atoms with Gasteiger partial charge in [0.15, 0.2) is 0 Å². The zero-order valence-corrected chi connectivity index (χ0v) is 13.3. The summed E-state index contributed by atoms with van der Waals surface area (Å²) in [6.45, 7) is 0.744. The minimum atomic E-state index is -0.750. The van der Waals surface area contributed by atoms with Gasteiger partial charge in [-0.05, 0) is 11.6 Å². The first kappa shape index (κ1) is 15.0. The van der Waals surface area contributed by atoms with Crippen LogP contribution in [-0.2, 0) is 16.0 Å². The number of benzene rings is 2. The zero-order valence-electron chi connectivity index (χ0n) is 12.5. The van der Waals surface area contributed by atoms with Gasteiger partial charge in [0.1, 0.15) is 10.5 Å². The maximum Gasteiger partial charge on any atom is 0.243 e. The van der Waals surface area contributed by atoms with Crippen LogP contribution in [0.5, 0.6) is 5.75 Å². The van der Waals surface area contributed by atoms with Gasteiger partial charge in [0.25, 0.3) is 0 Å². The molecule has 1 heterocycles. The molecule has 0 spiro atoms. The van der Waals surface area contributed by atoms with Crippen molar-refractivity contribution >= 4 is 17.7 Å². The fraction of sp³-hybridized carbons (Fsp3) is 0.278. The van der Waals surface area contributed by atoms with Crippen LogP contribution in [0.4, 0.5) is 0 Å². The Bertz CT molecular complexity index is 674. The molecular weight excluding hydrogens is 294 g/mol. The second-order valence-electron chi connectivity index (χ2n) is 5.58. The van der Waals surface area contributed by atoms with E-state index < -0.39 is 4.75 Å². The maximum absolute atomic E-state index is 13.0. The highest BCUT2D eigenvalue weighted by molar-refractivity contribution is 8.01. The van der Waals surface area contributed by atoms with E-state index in [0.717, 1.165) is 17.9 Å². The van der Waals surface area contributed by atoms with Gasteiger partial charge < -0.3 is 10.0 Å². The third kappa shape index (κ3) is 2.59. The third-order valence-electron chi connectivity index (χ3n) is 4.10. The minimum Gasteiger partial charge on any atom is -0.508 e. The third-order valence-corrected chi connectivity index (χ3v) is 5.52. The summed E-state index contributed by atoms with van der Waals surface area (Å²) in [5.74, 6) is 1.12. The highest BCUT2D eigenvalue weighted by Crippen LogP contribution is 2.46. The van der Waals surface area contributed by atoms with Gasteiger partial charge in [0, 0.05) is 31.3 Å². The van der Waals surface area contributed by atoms with Crippen LogP contribution in [0.25, 0.3) is 0 Å². The molecule has 1 saturated heterocycles. The van der Waals surface area contributed by atoms with E-state index in [1.807, 2.05) is 49.5 Å². The van der Waals surface area contributed by atoms with E-state index in [1.165, 1.54) is 0 Å². The average molecular weight is 313 g/mol. The lowest BCUT2D eigenvalue weighted by Gasteiger charge is -2.40. The molecule has 2 aromatic rings. The van der Waals surface area contributed by atoms with Gasteiger partial charge >= 0.3 is 0 Å². The summed E-state index contributed by atoms with van der Waals surface area (Å²) < 4.78 is -0.750. The molecule has 4 heteroatoms. The number of aromatic hydroxyl groups is 1. The van der Waals surface area contributed by atoms with Crippen LogP contribution in [0.2, 0.25) is 0 Å². The monoisotopic (exact) mass is 313 g/mol. The fourth-order valence-corrected chi connectivity index (χ4v) is 4.53. The lowest BCUT2D eigenvalue weighted by Crippen LogP contribution is -2.49. The lowest BCUT2D eigenvalue weighted by atomic mass is 9.88. The summed E-state index contributed by atoms with van der Waals surface area (Å²) >= 11 is 1.63. The van der Waals surface area contributed by atoms with Crippen LogP contribution >= 0.6 is 11.8 Å². The lowest BCUT2D eigenvalue weighted by molar-refractivity contribution is -0.133. The molecule has 1 aliphatic heterocycles. The Balaban J connectivity index is 2.10. The largest absolute Gasteiger partial charge is 0.508 e. The Labute approximate surface area is 135 Å². The Kier molecular flexibility index (Phi) is 4.12. The van der Waals surface area contributed by atoms with Crippen molar-refractivity contribution in [1.29, 1.82) is 0 Å². The molecule has 1 fully saturated rings. The Morgan fingerprint density at radius 3 is 2.55 bits per heavy atom. The van der Waals surface area contributed by atoms with Crippen LogP contribution in [0.15, 0.2) is 54.6 Å². The molecule has 22 heavy (non-hydrogen) atoms.